The predicted octanol–water partition coefficient (Wildman–Crippen LogP) is 8.72. The first-order valence-electron chi connectivity index (χ1n) is 27.4. The van der Waals surface area contributed by atoms with Gasteiger partial charge in [-0.25, -0.2) is 70.9 Å². The number of aromatic nitrogens is 12. The number of ether oxygens (including phenoxy) is 2. The molecule has 0 aliphatic rings. The summed E-state index contributed by atoms with van der Waals surface area (Å²) in [6, 6.07) is 31.5. The smallest absolute Gasteiger partial charge is 0.338 e. The third kappa shape index (κ3) is 13.0. The van der Waals surface area contributed by atoms with Gasteiger partial charge in [-0.05, 0) is 74.5 Å². The summed E-state index contributed by atoms with van der Waals surface area (Å²) in [5.41, 5.74) is 14.7. The highest BCUT2D eigenvalue weighted by atomic mass is 16.5. The Balaban J connectivity index is 0.000000206. The topological polar surface area (TPSA) is 547 Å². The van der Waals surface area contributed by atoms with Gasteiger partial charge in [0.05, 0.1) is 142 Å². The first kappa shape index (κ1) is 65.8. The van der Waals surface area contributed by atoms with Gasteiger partial charge in [0.15, 0.2) is 29.2 Å². The summed E-state index contributed by atoms with van der Waals surface area (Å²) in [4.78, 5) is 87.5. The minimum atomic E-state index is -1.60. The lowest BCUT2D eigenvalue weighted by atomic mass is 10.1. The van der Waals surface area contributed by atoms with E-state index >= 15 is 0 Å². The molecular weight excluding hydrogens is 1260 g/mol. The number of nitrogens with one attached hydrogen (secondary N) is 2. The Morgan fingerprint density at radius 3 is 1.27 bits per heavy atom. The summed E-state index contributed by atoms with van der Waals surface area (Å²) in [5, 5.41) is 93.8. The number of rotatable bonds is 12. The molecule has 0 saturated heterocycles. The molecule has 34 heteroatoms. The fraction of sp³-hybridized carbons (Fsp3) is 0.125. The normalized spacial score (nSPS) is 11.3. The van der Waals surface area contributed by atoms with Crippen LogP contribution in [0.3, 0.4) is 0 Å². The van der Waals surface area contributed by atoms with Gasteiger partial charge in [-0.1, -0.05) is 0 Å². The van der Waals surface area contributed by atoms with Crippen molar-refractivity contribution in [2.45, 2.75) is 37.6 Å². The highest BCUT2D eigenvalue weighted by Gasteiger charge is 2.35. The summed E-state index contributed by atoms with van der Waals surface area (Å²) >= 11 is 0. The quantitative estimate of drug-likeness (QED) is 0.0504. The Kier molecular flexibility index (Phi) is 19.1. The van der Waals surface area contributed by atoms with Gasteiger partial charge < -0.3 is 39.7 Å². The number of imidazole rings is 2. The van der Waals surface area contributed by atoms with Crippen LogP contribution in [0.1, 0.15) is 112 Å². The fourth-order valence-corrected chi connectivity index (χ4v) is 8.96. The van der Waals surface area contributed by atoms with Crippen LogP contribution in [0, 0.1) is 140 Å². The molecule has 0 aliphatic heterocycles. The minimum absolute atomic E-state index is 0.0127. The van der Waals surface area contributed by atoms with Gasteiger partial charge in [0.25, 0.3) is 11.8 Å². The number of fused-ring (bicyclic) bond motifs is 4. The SMILES string of the molecule is N#Cc1cc(N)c(N)cc1C#N.[C-]#[N+]c1cc2[nH]c(C([N+]#[C-])c3nc(-c4nc5cc(C#N)c([N+]#[C-])cc5o4)nc(C(C#N)c4nc5cc(C#N)c(C#N)cc5[nH]4)n3)nc2cc1C#N.[C-]#[N+]c1cc2oc(-c3nc(C(C#N)C(=O)OCC)nc(C(C#N)C(=O)OCC)n3)nc2cc1C#N. The van der Waals surface area contributed by atoms with E-state index in [1.54, 1.807) is 26.0 Å². The minimum Gasteiger partial charge on any atom is -0.465 e. The van der Waals surface area contributed by atoms with Crippen molar-refractivity contribution in [1.82, 2.24) is 59.8 Å². The van der Waals surface area contributed by atoms with Crippen molar-refractivity contribution in [3.05, 3.63) is 180 Å². The zero-order chi connectivity index (χ0) is 70.5. The fourth-order valence-electron chi connectivity index (χ4n) is 8.96. The van der Waals surface area contributed by atoms with Gasteiger partial charge in [-0.3, -0.25) is 14.4 Å². The Morgan fingerprint density at radius 2 is 0.837 bits per heavy atom. The van der Waals surface area contributed by atoms with Crippen LogP contribution in [0.4, 0.5) is 28.4 Å². The number of nitriles is 10. The Bertz CT molecular complexity index is 5400. The molecule has 6 aromatic heterocycles. The average molecular weight is 1290 g/mol. The number of esters is 2. The number of hydrogen-bond acceptors (Lipinski definition) is 28. The Hall–Kier alpha value is -16.6. The van der Waals surface area contributed by atoms with Crippen LogP contribution >= 0.6 is 0 Å². The van der Waals surface area contributed by atoms with Gasteiger partial charge in [0.2, 0.25) is 46.4 Å². The van der Waals surface area contributed by atoms with Gasteiger partial charge in [-0.15, -0.1) is 0 Å². The lowest BCUT2D eigenvalue weighted by molar-refractivity contribution is -0.144. The van der Waals surface area contributed by atoms with Gasteiger partial charge >= 0.3 is 18.0 Å². The molecular formula is C64H30N28O6. The Labute approximate surface area is 549 Å². The maximum absolute atomic E-state index is 12.3. The molecule has 0 aliphatic carbocycles. The van der Waals surface area contributed by atoms with Crippen molar-refractivity contribution in [1.29, 1.82) is 52.6 Å². The summed E-state index contributed by atoms with van der Waals surface area (Å²) < 4.78 is 21.3. The van der Waals surface area contributed by atoms with Gasteiger partial charge in [0.1, 0.15) is 52.3 Å². The number of nitrogens with zero attached hydrogens (tertiary/aromatic N) is 24. The number of nitrogen functional groups attached to an aromatic ring is 2. The molecule has 0 radical (unpaired) electrons. The van der Waals surface area contributed by atoms with E-state index in [0.717, 1.165) is 0 Å². The number of anilines is 2. The summed E-state index contributed by atoms with van der Waals surface area (Å²) in [6.07, 6.45) is 0. The highest BCUT2D eigenvalue weighted by molar-refractivity contribution is 5.87. The maximum atomic E-state index is 12.3. The van der Waals surface area contributed by atoms with Crippen molar-refractivity contribution in [3.63, 3.8) is 0 Å². The van der Waals surface area contributed by atoms with Crippen molar-refractivity contribution in [3.8, 4) is 84.1 Å². The number of oxazole rings is 2. The molecule has 11 rings (SSSR count). The van der Waals surface area contributed by atoms with Crippen molar-refractivity contribution in [2.24, 2.45) is 0 Å². The van der Waals surface area contributed by atoms with E-state index in [1.807, 2.05) is 42.5 Å². The molecule has 0 spiro atoms. The third-order valence-corrected chi connectivity index (χ3v) is 13.5. The highest BCUT2D eigenvalue weighted by Crippen LogP contribution is 2.35. The molecule has 462 valence electrons. The summed E-state index contributed by atoms with van der Waals surface area (Å²) in [6.45, 7) is 33.2. The van der Waals surface area contributed by atoms with Crippen molar-refractivity contribution >= 4 is 84.6 Å². The molecule has 4 atom stereocenters. The predicted molar refractivity (Wildman–Crippen MR) is 331 cm³/mol. The molecule has 0 bridgehead atoms. The molecule has 5 aromatic carbocycles. The Morgan fingerprint density at radius 1 is 0.459 bits per heavy atom. The molecule has 0 fully saturated rings. The largest absolute Gasteiger partial charge is 0.465 e. The first-order valence-corrected chi connectivity index (χ1v) is 27.4. The molecule has 11 aromatic rings. The second-order valence-electron chi connectivity index (χ2n) is 19.4. The number of aromatic amines is 2. The number of carbonyl (C=O) groups excluding carboxylic acids is 2. The number of nitrogens with two attached hydrogens (primary N) is 2. The number of carbonyl (C=O) groups is 2. The number of hydrogen-bond donors (Lipinski definition) is 4. The lowest BCUT2D eigenvalue weighted by Gasteiger charge is -2.11. The second-order valence-corrected chi connectivity index (χ2v) is 19.4. The zero-order valence-corrected chi connectivity index (χ0v) is 49.8. The van der Waals surface area contributed by atoms with Crippen LogP contribution in [-0.2, 0) is 19.1 Å². The standard InChI is InChI=1S/C34H10N16O.C22H14N8O5.C8H6N4/c1-40-20-8-25-24(6-17(20)12-37)45-31(46-25)28(42-3)32-48-30(19(14-39)29-43-22-4-15(10-35)16(11-36)5-23(22)44-29)49-33(50-32)34-47-26-7-18(13-38)21(41-2)9-27(26)51-34;1-4-33-21(31)12(9-24)17-28-18(13(10-25)22(32)34-5-2)30-19(29-17)20-27-15-6-11(8-23)14(26-3)7-16(15)35-20;9-3-5-1-7(11)8(12)2-6(5)4-10/h4-9,19,28H,(H,43,44)(H,45,46);6-7,12-13H,4-5H2,1-2H3;1-2H,11-12H2. The number of H-pyrrole nitrogens is 2. The second kappa shape index (κ2) is 28.5. The van der Waals surface area contributed by atoms with Crippen LogP contribution in [0.5, 0.6) is 0 Å². The van der Waals surface area contributed by atoms with Gasteiger partial charge in [-0.2, -0.15) is 52.6 Å². The summed E-state index contributed by atoms with van der Waals surface area (Å²) in [5.74, 6) is -8.28. The van der Waals surface area contributed by atoms with Crippen LogP contribution < -0.4 is 11.5 Å². The van der Waals surface area contributed by atoms with E-state index in [0.29, 0.717) is 33.4 Å². The van der Waals surface area contributed by atoms with E-state index in [-0.39, 0.29) is 138 Å². The molecule has 0 amide bonds. The molecule has 34 nitrogen and oxygen atoms in total. The van der Waals surface area contributed by atoms with E-state index < -0.39 is 47.4 Å². The van der Waals surface area contributed by atoms with Crippen molar-refractivity contribution in [2.75, 3.05) is 24.7 Å². The van der Waals surface area contributed by atoms with Crippen LogP contribution in [0.25, 0.3) is 87.1 Å². The molecule has 98 heavy (non-hydrogen) atoms. The van der Waals surface area contributed by atoms with Crippen LogP contribution in [-0.4, -0.2) is 85.0 Å². The average Bonchev–Trinajstić information content (AvgIpc) is 1.59. The van der Waals surface area contributed by atoms with Gasteiger partial charge in [0, 0.05) is 0 Å². The van der Waals surface area contributed by atoms with Crippen LogP contribution in [0.15, 0.2) is 69.5 Å². The van der Waals surface area contributed by atoms with E-state index in [2.05, 4.69) is 85.3 Å². The molecule has 4 unspecified atom stereocenters. The van der Waals surface area contributed by atoms with E-state index in [4.69, 9.17) is 66.6 Å². The molecule has 6 N–H and O–H groups in total. The molecule has 6 heterocycles. The third-order valence-electron chi connectivity index (χ3n) is 13.5. The molecule has 0 saturated carbocycles. The van der Waals surface area contributed by atoms with E-state index in [1.165, 1.54) is 60.7 Å². The zero-order valence-electron chi connectivity index (χ0n) is 49.8. The monoisotopic (exact) mass is 1290 g/mol. The number of benzene rings is 5. The van der Waals surface area contributed by atoms with Crippen molar-refractivity contribution < 1.29 is 27.9 Å². The van der Waals surface area contributed by atoms with E-state index in [9.17, 15) is 51.7 Å². The maximum Gasteiger partial charge on any atom is 0.338 e. The summed E-state index contributed by atoms with van der Waals surface area (Å²) in [7, 11) is 0. The first-order chi connectivity index (χ1) is 47.4. The van der Waals surface area contributed by atoms with Crippen LogP contribution in [0.2, 0.25) is 0 Å². The lowest BCUT2D eigenvalue weighted by Crippen LogP contribution is -2.22.